The Morgan fingerprint density at radius 2 is 0.935 bits per heavy atom. The lowest BCUT2D eigenvalue weighted by molar-refractivity contribution is 1.08. The summed E-state index contributed by atoms with van der Waals surface area (Å²) >= 11 is 8.69. The van der Waals surface area contributed by atoms with Gasteiger partial charge in [-0.05, 0) is 57.4 Å². The molecule has 0 aliphatic carbocycles. The molecule has 0 N–H and O–H groups in total. The zero-order valence-electron chi connectivity index (χ0n) is 24.5. The molecule has 0 spiro atoms. The molecule has 0 saturated carbocycles. The Morgan fingerprint density at radius 1 is 0.391 bits per heavy atom. The van der Waals surface area contributed by atoms with E-state index < -0.39 is 0 Å². The van der Waals surface area contributed by atoms with Crippen molar-refractivity contribution in [3.05, 3.63) is 151 Å². The third-order valence-corrected chi connectivity index (χ3v) is 10.1. The highest BCUT2D eigenvalue weighted by molar-refractivity contribution is 7.25. The fourth-order valence-corrected chi connectivity index (χ4v) is 7.74. The van der Waals surface area contributed by atoms with Gasteiger partial charge in [-0.25, -0.2) is 15.0 Å². The Bertz CT molecular complexity index is 2520. The molecule has 0 saturated heterocycles. The summed E-state index contributed by atoms with van der Waals surface area (Å²) in [5.74, 6) is 1.86. The van der Waals surface area contributed by atoms with Gasteiger partial charge in [0.15, 0.2) is 17.5 Å². The van der Waals surface area contributed by atoms with Crippen molar-refractivity contribution in [2.45, 2.75) is 0 Å². The van der Waals surface area contributed by atoms with E-state index in [1.807, 2.05) is 12.1 Å². The Labute approximate surface area is 274 Å². The third-order valence-electron chi connectivity index (χ3n) is 8.61. The van der Waals surface area contributed by atoms with Gasteiger partial charge in [-0.2, -0.15) is 0 Å². The standard InChI is InChI=1S/C41H24ClN3S/c42-36-22-20-28(23-35(36)27-19-21-32-31-15-5-6-18-37(31)46-38(32)24-27)39-43-40(33-16-7-11-25-9-1-3-13-29(25)33)45-41(44-39)34-17-8-12-26-10-2-4-14-30(26)34/h1-24H. The molecule has 9 aromatic rings. The van der Waals surface area contributed by atoms with Gasteiger partial charge in [0.25, 0.3) is 0 Å². The van der Waals surface area contributed by atoms with Gasteiger partial charge in [-0.1, -0.05) is 127 Å². The monoisotopic (exact) mass is 625 g/mol. The quantitative estimate of drug-likeness (QED) is 0.195. The summed E-state index contributed by atoms with van der Waals surface area (Å²) in [6, 6.07) is 50.4. The first-order chi connectivity index (χ1) is 22.7. The van der Waals surface area contributed by atoms with Gasteiger partial charge in [-0.3, -0.25) is 0 Å². The van der Waals surface area contributed by atoms with Crippen LogP contribution in [0.15, 0.2) is 146 Å². The van der Waals surface area contributed by atoms with Crippen LogP contribution in [0.3, 0.4) is 0 Å². The van der Waals surface area contributed by atoms with E-state index in [-0.39, 0.29) is 0 Å². The smallest absolute Gasteiger partial charge is 0.164 e. The van der Waals surface area contributed by atoms with Crippen molar-refractivity contribution in [3.63, 3.8) is 0 Å². The van der Waals surface area contributed by atoms with E-state index in [9.17, 15) is 0 Å². The number of aromatic nitrogens is 3. The van der Waals surface area contributed by atoms with Crippen LogP contribution in [0.25, 0.3) is 87.0 Å². The van der Waals surface area contributed by atoms with Crippen molar-refractivity contribution < 1.29 is 0 Å². The lowest BCUT2D eigenvalue weighted by Gasteiger charge is -2.13. The molecule has 0 amide bonds. The highest BCUT2D eigenvalue weighted by Crippen LogP contribution is 2.39. The number of nitrogens with zero attached hydrogens (tertiary/aromatic N) is 3. The number of fused-ring (bicyclic) bond motifs is 5. The third kappa shape index (κ3) is 4.54. The molecule has 0 atom stereocenters. The molecule has 3 nitrogen and oxygen atoms in total. The SMILES string of the molecule is Clc1ccc(-c2nc(-c3cccc4ccccc34)nc(-c3cccc4ccccc34)n2)cc1-c1ccc2c(c1)sc1ccccc12. The summed E-state index contributed by atoms with van der Waals surface area (Å²) in [6.07, 6.45) is 0. The van der Waals surface area contributed by atoms with Gasteiger partial charge in [-0.15, -0.1) is 11.3 Å². The van der Waals surface area contributed by atoms with E-state index >= 15 is 0 Å². The summed E-state index contributed by atoms with van der Waals surface area (Å²) in [7, 11) is 0. The number of benzene rings is 7. The van der Waals surface area contributed by atoms with Crippen LogP contribution >= 0.6 is 22.9 Å². The minimum Gasteiger partial charge on any atom is -0.208 e. The maximum Gasteiger partial charge on any atom is 0.164 e. The van der Waals surface area contributed by atoms with Gasteiger partial charge in [0, 0.05) is 47.4 Å². The predicted molar refractivity (Wildman–Crippen MR) is 194 cm³/mol. The highest BCUT2D eigenvalue weighted by Gasteiger charge is 2.17. The molecule has 0 radical (unpaired) electrons. The van der Waals surface area contributed by atoms with Gasteiger partial charge in [0.2, 0.25) is 0 Å². The second kappa shape index (κ2) is 10.9. The summed E-state index contributed by atoms with van der Waals surface area (Å²) in [6.45, 7) is 0. The van der Waals surface area contributed by atoms with Gasteiger partial charge in [0.05, 0.1) is 0 Å². The number of thiophene rings is 1. The topological polar surface area (TPSA) is 38.7 Å². The van der Waals surface area contributed by atoms with Crippen LogP contribution in [-0.2, 0) is 0 Å². The average Bonchev–Trinajstić information content (AvgIpc) is 3.49. The number of hydrogen-bond donors (Lipinski definition) is 0. The van der Waals surface area contributed by atoms with Gasteiger partial charge >= 0.3 is 0 Å². The summed E-state index contributed by atoms with van der Waals surface area (Å²) in [4.78, 5) is 15.3. The maximum atomic E-state index is 6.88. The molecule has 0 aliphatic heterocycles. The van der Waals surface area contributed by atoms with Crippen molar-refractivity contribution >= 4 is 64.7 Å². The van der Waals surface area contributed by atoms with Crippen LogP contribution in [0.2, 0.25) is 5.02 Å². The molecule has 0 bridgehead atoms. The van der Waals surface area contributed by atoms with E-state index in [1.165, 1.54) is 20.2 Å². The molecule has 216 valence electrons. The molecule has 46 heavy (non-hydrogen) atoms. The molecule has 9 rings (SSSR count). The fourth-order valence-electron chi connectivity index (χ4n) is 6.37. The first kappa shape index (κ1) is 26.9. The van der Waals surface area contributed by atoms with Crippen molar-refractivity contribution in [2.75, 3.05) is 0 Å². The summed E-state index contributed by atoms with van der Waals surface area (Å²) in [5.41, 5.74) is 4.81. The van der Waals surface area contributed by atoms with Crippen molar-refractivity contribution in [2.24, 2.45) is 0 Å². The molecule has 0 aliphatic rings. The number of halogens is 1. The highest BCUT2D eigenvalue weighted by atomic mass is 35.5. The molecule has 7 aromatic carbocycles. The summed E-state index contributed by atoms with van der Waals surface area (Å²) in [5, 5.41) is 7.69. The first-order valence-corrected chi connectivity index (χ1v) is 16.3. The molecule has 0 fully saturated rings. The Balaban J connectivity index is 1.25. The number of hydrogen-bond acceptors (Lipinski definition) is 4. The molecular formula is C41H24ClN3S. The van der Waals surface area contributed by atoms with Crippen LogP contribution in [0.1, 0.15) is 0 Å². The van der Waals surface area contributed by atoms with E-state index in [0.717, 1.165) is 49.4 Å². The zero-order chi connectivity index (χ0) is 30.6. The molecular weight excluding hydrogens is 602 g/mol. The number of rotatable bonds is 4. The van der Waals surface area contributed by atoms with Crippen LogP contribution in [0, 0.1) is 0 Å². The van der Waals surface area contributed by atoms with Gasteiger partial charge < -0.3 is 0 Å². The minimum atomic E-state index is 0.599. The van der Waals surface area contributed by atoms with E-state index in [0.29, 0.717) is 22.5 Å². The molecule has 5 heteroatoms. The summed E-state index contributed by atoms with van der Waals surface area (Å²) < 4.78 is 2.51. The second-order valence-electron chi connectivity index (χ2n) is 11.4. The Kier molecular flexibility index (Phi) is 6.37. The molecule has 0 unspecified atom stereocenters. The first-order valence-electron chi connectivity index (χ1n) is 15.1. The fraction of sp³-hybridized carbons (Fsp3) is 0. The van der Waals surface area contributed by atoms with E-state index in [4.69, 9.17) is 26.6 Å². The van der Waals surface area contributed by atoms with Crippen molar-refractivity contribution in [3.8, 4) is 45.3 Å². The second-order valence-corrected chi connectivity index (χ2v) is 12.9. The maximum absolute atomic E-state index is 6.88. The van der Waals surface area contributed by atoms with Crippen LogP contribution in [0.4, 0.5) is 0 Å². The lowest BCUT2D eigenvalue weighted by Crippen LogP contribution is -2.01. The largest absolute Gasteiger partial charge is 0.208 e. The van der Waals surface area contributed by atoms with Gasteiger partial charge in [0.1, 0.15) is 0 Å². The molecule has 2 heterocycles. The Hall–Kier alpha value is -5.42. The zero-order valence-corrected chi connectivity index (χ0v) is 26.1. The Morgan fingerprint density at radius 3 is 1.63 bits per heavy atom. The normalized spacial score (nSPS) is 11.6. The average molecular weight is 626 g/mol. The minimum absolute atomic E-state index is 0.599. The van der Waals surface area contributed by atoms with E-state index in [2.05, 4.69) is 133 Å². The van der Waals surface area contributed by atoms with Crippen LogP contribution < -0.4 is 0 Å². The lowest BCUT2D eigenvalue weighted by atomic mass is 10.0. The van der Waals surface area contributed by atoms with Crippen LogP contribution in [0.5, 0.6) is 0 Å². The molecule has 2 aromatic heterocycles. The van der Waals surface area contributed by atoms with Crippen molar-refractivity contribution in [1.82, 2.24) is 15.0 Å². The predicted octanol–water partition coefficient (Wildman–Crippen LogP) is 11.9. The van der Waals surface area contributed by atoms with Crippen LogP contribution in [-0.4, -0.2) is 15.0 Å². The van der Waals surface area contributed by atoms with Crippen molar-refractivity contribution in [1.29, 1.82) is 0 Å². The van der Waals surface area contributed by atoms with E-state index in [1.54, 1.807) is 11.3 Å².